The van der Waals surface area contributed by atoms with Crippen LogP contribution in [0.4, 0.5) is 0 Å². The topological polar surface area (TPSA) is 40.5 Å². The number of rotatable bonds is 8. The van der Waals surface area contributed by atoms with Crippen molar-refractivity contribution >= 4 is 0 Å². The van der Waals surface area contributed by atoms with E-state index in [1.54, 1.807) is 0 Å². The Balaban J connectivity index is 1.91. The summed E-state index contributed by atoms with van der Waals surface area (Å²) in [5.74, 6) is 0.266. The lowest BCUT2D eigenvalue weighted by Crippen LogP contribution is -2.04. The summed E-state index contributed by atoms with van der Waals surface area (Å²) in [4.78, 5) is 0. The molecule has 2 heteroatoms. The quantitative estimate of drug-likeness (QED) is 0.702. The van der Waals surface area contributed by atoms with E-state index in [2.05, 4.69) is 74.5 Å². The van der Waals surface area contributed by atoms with Gasteiger partial charge in [0.1, 0.15) is 0 Å². The van der Waals surface area contributed by atoms with Crippen LogP contribution in [-0.4, -0.2) is 23.4 Å². The van der Waals surface area contributed by atoms with Gasteiger partial charge in [-0.1, -0.05) is 71.8 Å². The number of aliphatic hydroxyl groups is 2. The minimum atomic E-state index is 0.133. The number of aryl methyl sites for hydroxylation is 2. The first-order chi connectivity index (χ1) is 11.6. The van der Waals surface area contributed by atoms with Crippen molar-refractivity contribution in [3.63, 3.8) is 0 Å². The van der Waals surface area contributed by atoms with Crippen molar-refractivity contribution in [2.75, 3.05) is 13.2 Å². The Bertz CT molecular complexity index is 569. The summed E-state index contributed by atoms with van der Waals surface area (Å²) >= 11 is 0. The second kappa shape index (κ2) is 9.41. The van der Waals surface area contributed by atoms with Gasteiger partial charge in [-0.15, -0.1) is 0 Å². The summed E-state index contributed by atoms with van der Waals surface area (Å²) in [6.45, 7) is 4.43. The van der Waals surface area contributed by atoms with Gasteiger partial charge in [0.05, 0.1) is 13.2 Å². The molecule has 2 aromatic carbocycles. The van der Waals surface area contributed by atoms with E-state index in [1.165, 1.54) is 22.3 Å². The smallest absolute Gasteiger partial charge is 0.0502 e. The average Bonchev–Trinajstić information content (AvgIpc) is 2.60. The summed E-state index contributed by atoms with van der Waals surface area (Å²) in [6.07, 6.45) is 5.87. The molecule has 0 spiro atoms. The first kappa shape index (κ1) is 18.4. The molecular formula is C22H28O2. The number of allylic oxidation sites excluding steroid dienone is 2. The van der Waals surface area contributed by atoms with Gasteiger partial charge in [0.2, 0.25) is 0 Å². The predicted molar refractivity (Wildman–Crippen MR) is 100 cm³/mol. The van der Waals surface area contributed by atoms with E-state index >= 15 is 0 Å². The fourth-order valence-corrected chi connectivity index (χ4v) is 2.83. The molecule has 0 bridgehead atoms. The number of benzene rings is 2. The summed E-state index contributed by atoms with van der Waals surface area (Å²) in [5.41, 5.74) is 4.81. The van der Waals surface area contributed by atoms with Crippen molar-refractivity contribution in [1.82, 2.24) is 0 Å². The third-order valence-electron chi connectivity index (χ3n) is 4.55. The highest BCUT2D eigenvalue weighted by atomic mass is 16.3. The van der Waals surface area contributed by atoms with Gasteiger partial charge in [-0.3, -0.25) is 0 Å². The van der Waals surface area contributed by atoms with Gasteiger partial charge in [-0.25, -0.2) is 0 Å². The molecule has 2 rings (SSSR count). The van der Waals surface area contributed by atoms with Crippen LogP contribution in [0.1, 0.15) is 46.9 Å². The molecule has 0 aliphatic rings. The molecule has 0 saturated carbocycles. The Morgan fingerprint density at radius 2 is 1.00 bits per heavy atom. The zero-order valence-corrected chi connectivity index (χ0v) is 14.7. The Labute approximate surface area is 145 Å². The second-order valence-electron chi connectivity index (χ2n) is 6.52. The van der Waals surface area contributed by atoms with Crippen LogP contribution in [0.25, 0.3) is 0 Å². The van der Waals surface area contributed by atoms with E-state index in [0.717, 1.165) is 12.8 Å². The van der Waals surface area contributed by atoms with E-state index in [4.69, 9.17) is 0 Å². The minimum absolute atomic E-state index is 0.133. The third kappa shape index (κ3) is 5.33. The molecule has 0 amide bonds. The predicted octanol–water partition coefficient (Wildman–Crippen LogP) is 4.49. The van der Waals surface area contributed by atoms with Crippen LogP contribution in [0.3, 0.4) is 0 Å². The molecule has 0 saturated heterocycles. The lowest BCUT2D eigenvalue weighted by molar-refractivity contribution is 0.263. The normalized spacial score (nSPS) is 14.0. The fraction of sp³-hybridized carbons (Fsp3) is 0.364. The van der Waals surface area contributed by atoms with Gasteiger partial charge >= 0.3 is 0 Å². The van der Waals surface area contributed by atoms with Crippen LogP contribution in [0.2, 0.25) is 0 Å². The zero-order valence-electron chi connectivity index (χ0n) is 14.7. The van der Waals surface area contributed by atoms with E-state index in [9.17, 15) is 10.2 Å². The lowest BCUT2D eigenvalue weighted by Gasteiger charge is -2.14. The molecule has 0 fully saturated rings. The molecule has 2 aromatic rings. The van der Waals surface area contributed by atoms with Crippen molar-refractivity contribution in [2.45, 2.75) is 38.5 Å². The largest absolute Gasteiger partial charge is 0.396 e. The molecular weight excluding hydrogens is 296 g/mol. The molecule has 24 heavy (non-hydrogen) atoms. The molecule has 0 radical (unpaired) electrons. The van der Waals surface area contributed by atoms with Crippen LogP contribution < -0.4 is 0 Å². The van der Waals surface area contributed by atoms with E-state index in [-0.39, 0.29) is 25.0 Å². The third-order valence-corrected chi connectivity index (χ3v) is 4.55. The van der Waals surface area contributed by atoms with E-state index < -0.39 is 0 Å². The zero-order chi connectivity index (χ0) is 17.4. The van der Waals surface area contributed by atoms with Gasteiger partial charge in [-0.2, -0.15) is 0 Å². The number of aliphatic hydroxyl groups excluding tert-OH is 2. The van der Waals surface area contributed by atoms with Gasteiger partial charge in [0.25, 0.3) is 0 Å². The Hall–Kier alpha value is -1.90. The maximum absolute atomic E-state index is 9.63. The van der Waals surface area contributed by atoms with Crippen molar-refractivity contribution in [3.8, 4) is 0 Å². The number of hydrogen-bond acceptors (Lipinski definition) is 2. The Morgan fingerprint density at radius 3 is 1.29 bits per heavy atom. The van der Waals surface area contributed by atoms with Crippen molar-refractivity contribution in [3.05, 3.63) is 82.9 Å². The van der Waals surface area contributed by atoms with Crippen LogP contribution in [-0.2, 0) is 0 Å². The maximum Gasteiger partial charge on any atom is 0.0502 e. The molecule has 2 nitrogen and oxygen atoms in total. The molecule has 128 valence electrons. The van der Waals surface area contributed by atoms with E-state index in [1.807, 2.05) is 0 Å². The first-order valence-electron chi connectivity index (χ1n) is 8.64. The highest BCUT2D eigenvalue weighted by molar-refractivity contribution is 5.26. The van der Waals surface area contributed by atoms with E-state index in [0.29, 0.717) is 0 Å². The van der Waals surface area contributed by atoms with Crippen molar-refractivity contribution in [1.29, 1.82) is 0 Å². The summed E-state index contributed by atoms with van der Waals surface area (Å²) in [5, 5.41) is 19.3. The van der Waals surface area contributed by atoms with Gasteiger partial charge in [0.15, 0.2) is 0 Å². The maximum atomic E-state index is 9.63. The van der Waals surface area contributed by atoms with Crippen LogP contribution in [0, 0.1) is 13.8 Å². The lowest BCUT2D eigenvalue weighted by atomic mass is 9.93. The Morgan fingerprint density at radius 1 is 0.667 bits per heavy atom. The van der Waals surface area contributed by atoms with Gasteiger partial charge < -0.3 is 10.2 Å². The standard InChI is InChI=1S/C22H28O2/c1-17-7-11-19(12-8-17)21(15-23)5-3-4-6-22(16-24)20-13-9-18(2)10-14-20/h3-4,7-14,21-24H,5-6,15-16H2,1-2H3/b4-3+. The Kier molecular flexibility index (Phi) is 7.23. The SMILES string of the molecule is Cc1ccc(C(CO)C/C=C/CC(CO)c2ccc(C)cc2)cc1. The second-order valence-corrected chi connectivity index (χ2v) is 6.52. The molecule has 0 heterocycles. The monoisotopic (exact) mass is 324 g/mol. The molecule has 0 aliphatic carbocycles. The van der Waals surface area contributed by atoms with Crippen LogP contribution >= 0.6 is 0 Å². The van der Waals surface area contributed by atoms with Gasteiger partial charge in [0, 0.05) is 11.8 Å². The van der Waals surface area contributed by atoms with Crippen LogP contribution in [0.15, 0.2) is 60.7 Å². The molecule has 2 atom stereocenters. The molecule has 2 N–H and O–H groups in total. The number of hydrogen-bond donors (Lipinski definition) is 2. The van der Waals surface area contributed by atoms with Crippen LogP contribution in [0.5, 0.6) is 0 Å². The van der Waals surface area contributed by atoms with Crippen molar-refractivity contribution in [2.24, 2.45) is 0 Å². The first-order valence-corrected chi connectivity index (χ1v) is 8.64. The highest BCUT2D eigenvalue weighted by Gasteiger charge is 2.10. The van der Waals surface area contributed by atoms with Crippen molar-refractivity contribution < 1.29 is 10.2 Å². The summed E-state index contributed by atoms with van der Waals surface area (Å²) in [6, 6.07) is 16.7. The minimum Gasteiger partial charge on any atom is -0.396 e. The molecule has 0 aliphatic heterocycles. The highest BCUT2D eigenvalue weighted by Crippen LogP contribution is 2.23. The fourth-order valence-electron chi connectivity index (χ4n) is 2.83. The molecule has 2 unspecified atom stereocenters. The summed E-state index contributed by atoms with van der Waals surface area (Å²) < 4.78 is 0. The summed E-state index contributed by atoms with van der Waals surface area (Å²) in [7, 11) is 0. The van der Waals surface area contributed by atoms with Gasteiger partial charge in [-0.05, 0) is 37.8 Å². The molecule has 0 aromatic heterocycles. The average molecular weight is 324 g/mol.